The van der Waals surface area contributed by atoms with Gasteiger partial charge >= 0.3 is 0 Å². The highest BCUT2D eigenvalue weighted by atomic mass is 16.5. The fourth-order valence-corrected chi connectivity index (χ4v) is 3.01. The Balaban J connectivity index is 1.85. The molecule has 2 aromatic carbocycles. The predicted molar refractivity (Wildman–Crippen MR) is 107 cm³/mol. The number of phenolic OH excluding ortho intramolecular Hbond substituents is 2. The maximum Gasteiger partial charge on any atom is 0.189 e. The highest BCUT2D eigenvalue weighted by molar-refractivity contribution is 6.08. The number of nitrogens with zero attached hydrogens (tertiary/aromatic N) is 2. The minimum absolute atomic E-state index is 0.0954. The maximum absolute atomic E-state index is 12.3. The highest BCUT2D eigenvalue weighted by Crippen LogP contribution is 2.25. The fourth-order valence-electron chi connectivity index (χ4n) is 3.01. The molecule has 0 spiro atoms. The lowest BCUT2D eigenvalue weighted by Gasteiger charge is -2.11. The molecule has 6 nitrogen and oxygen atoms in total. The lowest BCUT2D eigenvalue weighted by atomic mass is 10.1. The van der Waals surface area contributed by atoms with Crippen LogP contribution in [0.25, 0.3) is 6.08 Å². The molecule has 0 aliphatic rings. The van der Waals surface area contributed by atoms with Crippen LogP contribution in [0.15, 0.2) is 48.5 Å². The zero-order valence-electron chi connectivity index (χ0n) is 16.0. The normalized spacial score (nSPS) is 11.1. The van der Waals surface area contributed by atoms with Crippen LogP contribution in [0, 0.1) is 13.8 Å². The second-order valence-electron chi connectivity index (χ2n) is 6.56. The molecule has 144 valence electrons. The number of hydrogen-bond donors (Lipinski definition) is 2. The van der Waals surface area contributed by atoms with Gasteiger partial charge in [0.05, 0.1) is 24.9 Å². The molecule has 0 radical (unpaired) electrons. The number of carbonyl (C=O) groups excluding carboxylic acids is 1. The van der Waals surface area contributed by atoms with E-state index in [0.29, 0.717) is 6.54 Å². The van der Waals surface area contributed by atoms with Crippen molar-refractivity contribution in [2.75, 3.05) is 7.11 Å². The van der Waals surface area contributed by atoms with Crippen molar-refractivity contribution >= 4 is 11.9 Å². The Kier molecular flexibility index (Phi) is 5.49. The Hall–Kier alpha value is -3.54. The molecule has 6 heteroatoms. The summed E-state index contributed by atoms with van der Waals surface area (Å²) >= 11 is 0. The van der Waals surface area contributed by atoms with Gasteiger partial charge in [-0.1, -0.05) is 12.1 Å². The molecule has 0 unspecified atom stereocenters. The topological polar surface area (TPSA) is 84.6 Å². The first kappa shape index (κ1) is 19.2. The summed E-state index contributed by atoms with van der Waals surface area (Å²) in [5.41, 5.74) is 3.90. The van der Waals surface area contributed by atoms with E-state index in [1.807, 2.05) is 42.8 Å². The molecule has 0 atom stereocenters. The molecule has 3 rings (SSSR count). The van der Waals surface area contributed by atoms with E-state index in [1.54, 1.807) is 13.2 Å². The quantitative estimate of drug-likeness (QED) is 0.502. The Morgan fingerprint density at radius 1 is 1.14 bits per heavy atom. The number of carbonyl (C=O) groups is 1. The van der Waals surface area contributed by atoms with Crippen LogP contribution in [-0.2, 0) is 6.54 Å². The van der Waals surface area contributed by atoms with E-state index < -0.39 is 0 Å². The SMILES string of the molecule is COc1ccc(/C=C/C(=O)c2ccc(O)cc2O)cc1Cn1nc(C)cc1C. The third-order valence-corrected chi connectivity index (χ3v) is 4.40. The van der Waals surface area contributed by atoms with Crippen molar-refractivity contribution < 1.29 is 19.7 Å². The fraction of sp³-hybridized carbons (Fsp3) is 0.182. The zero-order chi connectivity index (χ0) is 20.3. The maximum atomic E-state index is 12.3. The largest absolute Gasteiger partial charge is 0.508 e. The highest BCUT2D eigenvalue weighted by Gasteiger charge is 2.10. The number of benzene rings is 2. The molecule has 1 aromatic heterocycles. The van der Waals surface area contributed by atoms with Crippen LogP contribution in [0.5, 0.6) is 17.2 Å². The predicted octanol–water partition coefficient (Wildman–Crippen LogP) is 3.86. The second kappa shape index (κ2) is 8.00. The molecule has 1 heterocycles. The van der Waals surface area contributed by atoms with Crippen LogP contribution in [0.4, 0.5) is 0 Å². The molecule has 0 aliphatic carbocycles. The van der Waals surface area contributed by atoms with Gasteiger partial charge in [-0.05, 0) is 55.8 Å². The number of aromatic nitrogens is 2. The van der Waals surface area contributed by atoms with Gasteiger partial charge in [0.2, 0.25) is 0 Å². The van der Waals surface area contributed by atoms with Gasteiger partial charge < -0.3 is 14.9 Å². The Morgan fingerprint density at radius 2 is 1.93 bits per heavy atom. The van der Waals surface area contributed by atoms with Crippen LogP contribution >= 0.6 is 0 Å². The smallest absolute Gasteiger partial charge is 0.189 e. The number of aryl methyl sites for hydroxylation is 2. The van der Waals surface area contributed by atoms with Crippen LogP contribution in [0.2, 0.25) is 0 Å². The van der Waals surface area contributed by atoms with Gasteiger partial charge in [0.25, 0.3) is 0 Å². The second-order valence-corrected chi connectivity index (χ2v) is 6.56. The van der Waals surface area contributed by atoms with Crippen molar-refractivity contribution in [3.63, 3.8) is 0 Å². The number of ether oxygens (including phenoxy) is 1. The lowest BCUT2D eigenvalue weighted by Crippen LogP contribution is -2.05. The summed E-state index contributed by atoms with van der Waals surface area (Å²) in [7, 11) is 1.62. The first-order valence-corrected chi connectivity index (χ1v) is 8.79. The summed E-state index contributed by atoms with van der Waals surface area (Å²) in [5, 5.41) is 23.6. The Labute approximate surface area is 163 Å². The molecule has 2 N–H and O–H groups in total. The minimum Gasteiger partial charge on any atom is -0.508 e. The molecule has 0 aliphatic heterocycles. The molecule has 0 amide bonds. The van der Waals surface area contributed by atoms with Gasteiger partial charge in [0.1, 0.15) is 17.2 Å². The van der Waals surface area contributed by atoms with Crippen molar-refractivity contribution in [3.05, 3.63) is 76.6 Å². The first-order valence-electron chi connectivity index (χ1n) is 8.79. The summed E-state index contributed by atoms with van der Waals surface area (Å²) < 4.78 is 7.36. The van der Waals surface area contributed by atoms with Crippen LogP contribution in [0.3, 0.4) is 0 Å². The van der Waals surface area contributed by atoms with Gasteiger partial charge in [0, 0.05) is 17.3 Å². The summed E-state index contributed by atoms with van der Waals surface area (Å²) in [5.74, 6) is 0.0391. The van der Waals surface area contributed by atoms with Crippen molar-refractivity contribution in [3.8, 4) is 17.2 Å². The Morgan fingerprint density at radius 3 is 2.57 bits per heavy atom. The number of methoxy groups -OCH3 is 1. The lowest BCUT2D eigenvalue weighted by molar-refractivity contribution is 0.104. The van der Waals surface area contributed by atoms with Gasteiger partial charge in [-0.25, -0.2) is 0 Å². The van der Waals surface area contributed by atoms with Crippen LogP contribution in [0.1, 0.15) is 32.9 Å². The number of phenols is 2. The van der Waals surface area contributed by atoms with Gasteiger partial charge in [-0.3, -0.25) is 9.48 Å². The summed E-state index contributed by atoms with van der Waals surface area (Å²) in [6.07, 6.45) is 3.07. The molecule has 0 bridgehead atoms. The Bertz CT molecular complexity index is 1050. The number of allylic oxidation sites excluding steroid dienone is 1. The molecule has 0 fully saturated rings. The standard InChI is InChI=1S/C22H22N2O4/c1-14-10-15(2)24(23-14)13-17-11-16(5-9-22(17)28-3)4-8-20(26)19-7-6-18(25)12-21(19)27/h4-12,25,27H,13H2,1-3H3/b8-4+. The zero-order valence-corrected chi connectivity index (χ0v) is 16.0. The summed E-state index contributed by atoms with van der Waals surface area (Å²) in [6.45, 7) is 4.50. The molecular weight excluding hydrogens is 356 g/mol. The van der Waals surface area contributed by atoms with Crippen molar-refractivity contribution in [2.24, 2.45) is 0 Å². The monoisotopic (exact) mass is 378 g/mol. The van der Waals surface area contributed by atoms with Crippen LogP contribution in [-0.4, -0.2) is 32.9 Å². The average molecular weight is 378 g/mol. The van der Waals surface area contributed by atoms with E-state index in [-0.39, 0.29) is 22.8 Å². The number of aromatic hydroxyl groups is 2. The number of rotatable bonds is 6. The number of hydrogen-bond acceptors (Lipinski definition) is 5. The summed E-state index contributed by atoms with van der Waals surface area (Å²) in [6, 6.07) is 11.5. The summed E-state index contributed by atoms with van der Waals surface area (Å²) in [4.78, 5) is 12.3. The van der Waals surface area contributed by atoms with E-state index in [4.69, 9.17) is 4.74 Å². The molecule has 28 heavy (non-hydrogen) atoms. The number of ketones is 1. The third kappa shape index (κ3) is 4.23. The molecule has 0 saturated heterocycles. The minimum atomic E-state index is -0.353. The average Bonchev–Trinajstić information content (AvgIpc) is 2.97. The van der Waals surface area contributed by atoms with E-state index in [1.165, 1.54) is 18.2 Å². The van der Waals surface area contributed by atoms with E-state index in [2.05, 4.69) is 5.10 Å². The van der Waals surface area contributed by atoms with Crippen LogP contribution < -0.4 is 4.74 Å². The molecule has 3 aromatic rings. The van der Waals surface area contributed by atoms with Crippen molar-refractivity contribution in [1.82, 2.24) is 9.78 Å². The van der Waals surface area contributed by atoms with Crippen molar-refractivity contribution in [1.29, 1.82) is 0 Å². The van der Waals surface area contributed by atoms with Gasteiger partial charge in [-0.2, -0.15) is 5.10 Å². The molecule has 0 saturated carbocycles. The third-order valence-electron chi connectivity index (χ3n) is 4.40. The van der Waals surface area contributed by atoms with E-state index in [0.717, 1.165) is 34.3 Å². The van der Waals surface area contributed by atoms with E-state index in [9.17, 15) is 15.0 Å². The molecular formula is C22H22N2O4. The first-order chi connectivity index (χ1) is 13.4. The van der Waals surface area contributed by atoms with E-state index >= 15 is 0 Å². The van der Waals surface area contributed by atoms with Gasteiger partial charge in [0.15, 0.2) is 5.78 Å². The van der Waals surface area contributed by atoms with Crippen molar-refractivity contribution in [2.45, 2.75) is 20.4 Å². The van der Waals surface area contributed by atoms with Gasteiger partial charge in [-0.15, -0.1) is 0 Å².